The first-order valence-corrected chi connectivity index (χ1v) is 12.4. The van der Waals surface area contributed by atoms with Crippen LogP contribution >= 0.6 is 0 Å². The van der Waals surface area contributed by atoms with Crippen LogP contribution in [0.2, 0.25) is 0 Å². The molecule has 1 atom stereocenters. The van der Waals surface area contributed by atoms with Crippen molar-refractivity contribution in [2.45, 2.75) is 75.9 Å². The molecule has 0 bridgehead atoms. The van der Waals surface area contributed by atoms with E-state index in [0.29, 0.717) is 0 Å². The third-order valence-electron chi connectivity index (χ3n) is 7.08. The smallest absolute Gasteiger partial charge is 0.316 e. The third kappa shape index (κ3) is 5.72. The lowest BCUT2D eigenvalue weighted by Crippen LogP contribution is -2.44. The summed E-state index contributed by atoms with van der Waals surface area (Å²) in [5.41, 5.74) is 0.670. The van der Waals surface area contributed by atoms with Gasteiger partial charge in [0.2, 0.25) is 0 Å². The molecule has 0 amide bonds. The molecule has 0 radical (unpaired) electrons. The molecule has 1 saturated heterocycles. The maximum atomic E-state index is 13.5. The lowest BCUT2D eigenvalue weighted by atomic mass is 9.74. The highest BCUT2D eigenvalue weighted by Gasteiger charge is 2.42. The highest BCUT2D eigenvalue weighted by Crippen LogP contribution is 2.40. The van der Waals surface area contributed by atoms with E-state index in [9.17, 15) is 4.79 Å². The standard InChI is InChI=1S/C28H37NO3/c1-23(31-25-14-8-5-9-15-25)22-29-20-16-26(17-21-29)32-27(30)28(18-10-2-3-11-19-28)24-12-6-4-7-13-24/h4-9,12-15,23,26H,2-3,10-11,16-22H2,1H3. The van der Waals surface area contributed by atoms with E-state index < -0.39 is 5.41 Å². The molecule has 1 unspecified atom stereocenters. The number of hydrogen-bond acceptors (Lipinski definition) is 4. The lowest BCUT2D eigenvalue weighted by molar-refractivity contribution is -0.159. The minimum Gasteiger partial charge on any atom is -0.489 e. The highest BCUT2D eigenvalue weighted by molar-refractivity contribution is 5.83. The van der Waals surface area contributed by atoms with Crippen LogP contribution in [-0.4, -0.2) is 42.7 Å². The van der Waals surface area contributed by atoms with E-state index in [1.54, 1.807) is 0 Å². The van der Waals surface area contributed by atoms with E-state index in [1.165, 1.54) is 12.8 Å². The number of rotatable bonds is 7. The fourth-order valence-corrected chi connectivity index (χ4v) is 5.31. The van der Waals surface area contributed by atoms with Crippen molar-refractivity contribution < 1.29 is 14.3 Å². The molecule has 4 heteroatoms. The van der Waals surface area contributed by atoms with E-state index in [1.807, 2.05) is 48.5 Å². The van der Waals surface area contributed by atoms with Crippen LogP contribution < -0.4 is 4.74 Å². The molecule has 2 aromatic carbocycles. The van der Waals surface area contributed by atoms with Gasteiger partial charge in [-0.05, 0) is 50.3 Å². The third-order valence-corrected chi connectivity index (χ3v) is 7.08. The molecule has 2 fully saturated rings. The summed E-state index contributed by atoms with van der Waals surface area (Å²) in [4.78, 5) is 16.0. The Bertz CT molecular complexity index is 822. The van der Waals surface area contributed by atoms with Crippen molar-refractivity contribution in [3.8, 4) is 5.75 Å². The van der Waals surface area contributed by atoms with Gasteiger partial charge in [-0.1, -0.05) is 74.2 Å². The second-order valence-corrected chi connectivity index (χ2v) is 9.51. The van der Waals surface area contributed by atoms with Crippen molar-refractivity contribution in [1.82, 2.24) is 4.90 Å². The van der Waals surface area contributed by atoms with Gasteiger partial charge in [-0.2, -0.15) is 0 Å². The Kier molecular flexibility index (Phi) is 7.85. The maximum absolute atomic E-state index is 13.5. The molecule has 32 heavy (non-hydrogen) atoms. The molecule has 0 spiro atoms. The van der Waals surface area contributed by atoms with Crippen LogP contribution in [0, 0.1) is 0 Å². The second kappa shape index (κ2) is 11.0. The van der Waals surface area contributed by atoms with Gasteiger partial charge in [0.1, 0.15) is 18.0 Å². The fourth-order valence-electron chi connectivity index (χ4n) is 5.31. The van der Waals surface area contributed by atoms with Crippen LogP contribution in [0.1, 0.15) is 63.9 Å². The van der Waals surface area contributed by atoms with Gasteiger partial charge >= 0.3 is 5.97 Å². The summed E-state index contributed by atoms with van der Waals surface area (Å²) in [6.45, 7) is 4.90. The molecule has 4 rings (SSSR count). The Morgan fingerprint density at radius 2 is 1.53 bits per heavy atom. The number of carbonyl (C=O) groups excluding carboxylic acids is 1. The predicted molar refractivity (Wildman–Crippen MR) is 128 cm³/mol. The first-order valence-electron chi connectivity index (χ1n) is 12.4. The first-order chi connectivity index (χ1) is 15.7. The van der Waals surface area contributed by atoms with E-state index in [-0.39, 0.29) is 18.2 Å². The molecule has 1 heterocycles. The van der Waals surface area contributed by atoms with E-state index in [2.05, 4.69) is 24.0 Å². The van der Waals surface area contributed by atoms with Crippen molar-refractivity contribution in [1.29, 1.82) is 0 Å². The van der Waals surface area contributed by atoms with Gasteiger partial charge in [0.05, 0.1) is 5.41 Å². The number of likely N-dealkylation sites (tertiary alicyclic amines) is 1. The summed E-state index contributed by atoms with van der Waals surface area (Å²) in [5.74, 6) is 0.920. The number of piperidine rings is 1. The van der Waals surface area contributed by atoms with Gasteiger partial charge < -0.3 is 9.47 Å². The van der Waals surface area contributed by atoms with Gasteiger partial charge in [-0.25, -0.2) is 0 Å². The molecule has 2 aliphatic rings. The molecule has 172 valence electrons. The van der Waals surface area contributed by atoms with Crippen molar-refractivity contribution in [3.63, 3.8) is 0 Å². The molecular weight excluding hydrogens is 398 g/mol. The molecule has 4 nitrogen and oxygen atoms in total. The van der Waals surface area contributed by atoms with Crippen molar-refractivity contribution >= 4 is 5.97 Å². The number of para-hydroxylation sites is 1. The SMILES string of the molecule is CC(CN1CCC(OC(=O)C2(c3ccccc3)CCCCCC2)CC1)Oc1ccccc1. The van der Waals surface area contributed by atoms with Crippen LogP contribution in [-0.2, 0) is 14.9 Å². The Morgan fingerprint density at radius 1 is 0.938 bits per heavy atom. The van der Waals surface area contributed by atoms with Crippen LogP contribution in [0.15, 0.2) is 60.7 Å². The zero-order valence-corrected chi connectivity index (χ0v) is 19.4. The van der Waals surface area contributed by atoms with Crippen LogP contribution in [0.4, 0.5) is 0 Å². The molecule has 1 aliphatic heterocycles. The molecular formula is C28H37NO3. The highest BCUT2D eigenvalue weighted by atomic mass is 16.5. The summed E-state index contributed by atoms with van der Waals surface area (Å²) in [7, 11) is 0. The fraction of sp³-hybridized carbons (Fsp3) is 0.536. The van der Waals surface area contributed by atoms with Gasteiger partial charge in [-0.15, -0.1) is 0 Å². The number of esters is 1. The maximum Gasteiger partial charge on any atom is 0.316 e. The summed E-state index contributed by atoms with van der Waals surface area (Å²) >= 11 is 0. The average Bonchev–Trinajstić information content (AvgIpc) is 3.09. The normalized spacial score (nSPS) is 20.8. The van der Waals surface area contributed by atoms with Gasteiger partial charge in [0, 0.05) is 19.6 Å². The number of ether oxygens (including phenoxy) is 2. The van der Waals surface area contributed by atoms with Crippen LogP contribution in [0.3, 0.4) is 0 Å². The lowest BCUT2D eigenvalue weighted by Gasteiger charge is -2.36. The Labute approximate surface area is 192 Å². The van der Waals surface area contributed by atoms with Gasteiger partial charge in [0.25, 0.3) is 0 Å². The summed E-state index contributed by atoms with van der Waals surface area (Å²) in [6, 6.07) is 20.3. The summed E-state index contributed by atoms with van der Waals surface area (Å²) in [6.07, 6.45) is 8.38. The van der Waals surface area contributed by atoms with Crippen LogP contribution in [0.25, 0.3) is 0 Å². The van der Waals surface area contributed by atoms with Gasteiger partial charge in [-0.3, -0.25) is 9.69 Å². The van der Waals surface area contributed by atoms with Crippen molar-refractivity contribution in [2.24, 2.45) is 0 Å². The number of carbonyl (C=O) groups is 1. The first kappa shape index (κ1) is 22.8. The second-order valence-electron chi connectivity index (χ2n) is 9.51. The monoisotopic (exact) mass is 435 g/mol. The Hall–Kier alpha value is -2.33. The van der Waals surface area contributed by atoms with E-state index in [0.717, 1.165) is 69.5 Å². The van der Waals surface area contributed by atoms with E-state index >= 15 is 0 Å². The largest absolute Gasteiger partial charge is 0.489 e. The van der Waals surface area contributed by atoms with Crippen molar-refractivity contribution in [3.05, 3.63) is 66.2 Å². The molecule has 1 saturated carbocycles. The minimum atomic E-state index is -0.465. The average molecular weight is 436 g/mol. The molecule has 0 aromatic heterocycles. The predicted octanol–water partition coefficient (Wildman–Crippen LogP) is 5.75. The minimum absolute atomic E-state index is 0.00447. The Morgan fingerprint density at radius 3 is 2.16 bits per heavy atom. The zero-order valence-electron chi connectivity index (χ0n) is 19.4. The Balaban J connectivity index is 1.31. The summed E-state index contributed by atoms with van der Waals surface area (Å²) < 4.78 is 12.2. The molecule has 1 aliphatic carbocycles. The number of benzene rings is 2. The molecule has 2 aromatic rings. The van der Waals surface area contributed by atoms with Crippen LogP contribution in [0.5, 0.6) is 5.75 Å². The number of nitrogens with zero attached hydrogens (tertiary/aromatic N) is 1. The summed E-state index contributed by atoms with van der Waals surface area (Å²) in [5, 5.41) is 0. The van der Waals surface area contributed by atoms with Crippen molar-refractivity contribution in [2.75, 3.05) is 19.6 Å². The zero-order chi connectivity index (χ0) is 22.2. The topological polar surface area (TPSA) is 38.8 Å². The number of hydrogen-bond donors (Lipinski definition) is 0. The molecule has 0 N–H and O–H groups in total. The van der Waals surface area contributed by atoms with E-state index in [4.69, 9.17) is 9.47 Å². The van der Waals surface area contributed by atoms with Gasteiger partial charge in [0.15, 0.2) is 0 Å². The quantitative estimate of drug-likeness (QED) is 0.410.